The number of allylic oxidation sites excluding steroid dienone is 6. The molecule has 0 bridgehead atoms. The van der Waals surface area contributed by atoms with Crippen molar-refractivity contribution < 1.29 is 19.1 Å². The molecule has 2 aromatic rings. The van der Waals surface area contributed by atoms with Gasteiger partial charge in [0.25, 0.3) is 0 Å². The Balaban J connectivity index is 1.47. The molecule has 37 heavy (non-hydrogen) atoms. The maximum atomic E-state index is 13.7. The third-order valence-electron chi connectivity index (χ3n) is 8.98. The van der Waals surface area contributed by atoms with Crippen LogP contribution in [0.4, 0.5) is 0 Å². The fourth-order valence-electron chi connectivity index (χ4n) is 7.37. The first kappa shape index (κ1) is 25.8. The summed E-state index contributed by atoms with van der Waals surface area (Å²) in [5, 5.41) is 3.49. The highest BCUT2D eigenvalue weighted by atomic mass is 32.1. The van der Waals surface area contributed by atoms with Crippen LogP contribution in [0.1, 0.15) is 70.8 Å². The molecule has 0 radical (unpaired) electrons. The van der Waals surface area contributed by atoms with Crippen molar-refractivity contribution in [3.05, 3.63) is 70.7 Å². The number of esters is 1. The second-order valence-corrected chi connectivity index (χ2v) is 12.1. The smallest absolute Gasteiger partial charge is 0.303 e. The number of fused-ring (bicyclic) bond motifs is 4. The summed E-state index contributed by atoms with van der Waals surface area (Å²) in [6.45, 7) is 5.54. The predicted molar refractivity (Wildman–Crippen MR) is 148 cm³/mol. The van der Waals surface area contributed by atoms with E-state index in [9.17, 15) is 14.4 Å². The van der Waals surface area contributed by atoms with Crippen LogP contribution in [0.5, 0.6) is 0 Å². The minimum atomic E-state index is -0.411. The van der Waals surface area contributed by atoms with Gasteiger partial charge in [-0.3, -0.25) is 14.4 Å². The number of carbonyl (C=O) groups excluding carboxylic acids is 3. The Morgan fingerprint density at radius 1 is 1.19 bits per heavy atom. The first-order chi connectivity index (χ1) is 17.8. The van der Waals surface area contributed by atoms with Gasteiger partial charge in [0.15, 0.2) is 11.6 Å². The molecule has 0 amide bonds. The van der Waals surface area contributed by atoms with Crippen molar-refractivity contribution >= 4 is 39.0 Å². The van der Waals surface area contributed by atoms with Gasteiger partial charge in [0.05, 0.1) is 0 Å². The van der Waals surface area contributed by atoms with E-state index in [1.54, 1.807) is 17.4 Å². The normalized spacial score (nSPS) is 30.2. The van der Waals surface area contributed by atoms with Crippen LogP contribution < -0.4 is 0 Å². The van der Waals surface area contributed by atoms with Gasteiger partial charge in [-0.1, -0.05) is 55.3 Å². The van der Waals surface area contributed by atoms with Crippen LogP contribution in [0.3, 0.4) is 0 Å². The maximum absolute atomic E-state index is 13.7. The van der Waals surface area contributed by atoms with Gasteiger partial charge in [0.2, 0.25) is 0 Å². The summed E-state index contributed by atoms with van der Waals surface area (Å²) in [6, 6.07) is 8.45. The van der Waals surface area contributed by atoms with Gasteiger partial charge in [-0.15, -0.1) is 11.3 Å². The Hall–Kier alpha value is -2.79. The van der Waals surface area contributed by atoms with E-state index in [0.29, 0.717) is 11.8 Å². The van der Waals surface area contributed by atoms with Crippen LogP contribution in [-0.2, 0) is 19.1 Å². The zero-order valence-electron chi connectivity index (χ0n) is 22.0. The van der Waals surface area contributed by atoms with Crippen LogP contribution in [0.15, 0.2) is 65.1 Å². The molecule has 4 nitrogen and oxygen atoms in total. The second-order valence-electron chi connectivity index (χ2n) is 11.2. The average molecular weight is 517 g/mol. The summed E-state index contributed by atoms with van der Waals surface area (Å²) >= 11 is 1.74. The molecule has 0 saturated heterocycles. The van der Waals surface area contributed by atoms with Crippen LogP contribution in [0, 0.1) is 23.2 Å². The minimum absolute atomic E-state index is 0.0435. The quantitative estimate of drug-likeness (QED) is 0.219. The fourth-order valence-corrected chi connectivity index (χ4v) is 8.39. The number of Topliss-reactive ketones (excluding diaryl/α,β-unsaturated/α-hetero) is 1. The van der Waals surface area contributed by atoms with E-state index in [0.717, 1.165) is 38.5 Å². The van der Waals surface area contributed by atoms with Crippen molar-refractivity contribution in [1.29, 1.82) is 0 Å². The molecule has 194 valence electrons. The summed E-state index contributed by atoms with van der Waals surface area (Å²) in [6.07, 6.45) is 13.3. The van der Waals surface area contributed by atoms with E-state index in [4.69, 9.17) is 4.74 Å². The van der Waals surface area contributed by atoms with Crippen LogP contribution in [0.2, 0.25) is 0 Å². The van der Waals surface area contributed by atoms with Gasteiger partial charge >= 0.3 is 5.97 Å². The number of thiophene rings is 1. The van der Waals surface area contributed by atoms with E-state index in [-0.39, 0.29) is 35.4 Å². The molecule has 5 atom stereocenters. The van der Waals surface area contributed by atoms with E-state index in [1.807, 2.05) is 19.1 Å². The Morgan fingerprint density at radius 3 is 2.78 bits per heavy atom. The molecule has 2 unspecified atom stereocenters. The van der Waals surface area contributed by atoms with Crippen molar-refractivity contribution in [2.75, 3.05) is 6.61 Å². The van der Waals surface area contributed by atoms with Crippen molar-refractivity contribution in [2.45, 2.75) is 65.2 Å². The lowest BCUT2D eigenvalue weighted by Gasteiger charge is -2.46. The van der Waals surface area contributed by atoms with Gasteiger partial charge in [0.1, 0.15) is 6.61 Å². The summed E-state index contributed by atoms with van der Waals surface area (Å²) in [5.41, 5.74) is 3.75. The highest BCUT2D eigenvalue weighted by molar-refractivity contribution is 7.17. The maximum Gasteiger partial charge on any atom is 0.303 e. The van der Waals surface area contributed by atoms with E-state index in [1.165, 1.54) is 33.7 Å². The largest absolute Gasteiger partial charge is 0.458 e. The molecular formula is C32H36O4S. The van der Waals surface area contributed by atoms with Gasteiger partial charge in [0, 0.05) is 17.5 Å². The Morgan fingerprint density at radius 2 is 2.00 bits per heavy atom. The molecule has 3 aliphatic carbocycles. The van der Waals surface area contributed by atoms with Crippen LogP contribution in [0.25, 0.3) is 10.1 Å². The van der Waals surface area contributed by atoms with E-state index >= 15 is 0 Å². The number of ether oxygens (including phenoxy) is 1. The minimum Gasteiger partial charge on any atom is -0.458 e. The summed E-state index contributed by atoms with van der Waals surface area (Å²) in [4.78, 5) is 37.6. The van der Waals surface area contributed by atoms with Crippen molar-refractivity contribution in [3.63, 3.8) is 0 Å². The van der Waals surface area contributed by atoms with Crippen LogP contribution >= 0.6 is 11.3 Å². The third kappa shape index (κ3) is 4.90. The number of rotatable bonds is 7. The zero-order valence-corrected chi connectivity index (χ0v) is 22.8. The zero-order chi connectivity index (χ0) is 26.2. The van der Waals surface area contributed by atoms with Crippen LogP contribution in [-0.4, -0.2) is 24.1 Å². The molecule has 2 saturated carbocycles. The molecular weight excluding hydrogens is 480 g/mol. The first-order valence-electron chi connectivity index (χ1n) is 13.5. The van der Waals surface area contributed by atoms with Gasteiger partial charge in [-0.05, 0) is 96.2 Å². The monoisotopic (exact) mass is 516 g/mol. The molecule has 2 fully saturated rings. The Kier molecular flexibility index (Phi) is 7.35. The lowest BCUT2D eigenvalue weighted by Crippen LogP contribution is -2.42. The van der Waals surface area contributed by atoms with Crippen molar-refractivity contribution in [1.82, 2.24) is 0 Å². The summed E-state index contributed by atoms with van der Waals surface area (Å²) < 4.78 is 6.48. The topological polar surface area (TPSA) is 60.4 Å². The first-order valence-corrected chi connectivity index (χ1v) is 14.4. The van der Waals surface area contributed by atoms with Crippen molar-refractivity contribution in [2.24, 2.45) is 23.2 Å². The molecule has 5 rings (SSSR count). The van der Waals surface area contributed by atoms with Gasteiger partial charge in [-0.2, -0.15) is 0 Å². The number of ketones is 2. The molecule has 1 aromatic carbocycles. The average Bonchev–Trinajstić information content (AvgIpc) is 3.44. The molecule has 3 aliphatic rings. The molecule has 1 heterocycles. The van der Waals surface area contributed by atoms with E-state index in [2.05, 4.69) is 42.6 Å². The third-order valence-corrected chi connectivity index (χ3v) is 9.96. The Bertz CT molecular complexity index is 1310. The highest BCUT2D eigenvalue weighted by Crippen LogP contribution is 2.65. The van der Waals surface area contributed by atoms with E-state index < -0.39 is 5.97 Å². The summed E-state index contributed by atoms with van der Waals surface area (Å²) in [7, 11) is 0. The number of carbonyl (C=O) groups is 3. The van der Waals surface area contributed by atoms with Gasteiger partial charge in [-0.25, -0.2) is 0 Å². The molecule has 1 aromatic heterocycles. The SMILES string of the molecule is CC/C=C\C(=O)/C=C1/CCC2C(=CC[C@@]3(C)C2C[C@@H](c2csc4ccccc24)[C@@H]3C(=O)COC(C)=O)C1. The summed E-state index contributed by atoms with van der Waals surface area (Å²) in [5.74, 6) is 0.451. The number of hydrogen-bond donors (Lipinski definition) is 0. The van der Waals surface area contributed by atoms with Crippen molar-refractivity contribution in [3.8, 4) is 0 Å². The fraction of sp³-hybridized carbons (Fsp3) is 0.469. The molecule has 5 heteroatoms. The molecule has 0 N–H and O–H groups in total. The lowest BCUT2D eigenvalue weighted by atomic mass is 9.58. The molecule has 0 aliphatic heterocycles. The molecule has 0 spiro atoms. The highest BCUT2D eigenvalue weighted by Gasteiger charge is 2.58. The standard InChI is InChI=1S/C32H36O4S/c1-4-5-8-23(34)16-21-11-12-24-22(15-21)13-14-32(3)28(24)17-26(31(32)29(35)18-36-20(2)33)27-19-37-30-10-7-6-9-25(27)30/h5-10,13,16,19,24,26,28,31H,4,11-12,14-15,17-18H2,1-3H3/b8-5-,21-16-/t24?,26-,28?,31+,32-/m0/s1. The number of hydrogen-bond acceptors (Lipinski definition) is 5. The Labute approximate surface area is 223 Å². The predicted octanol–water partition coefficient (Wildman–Crippen LogP) is 7.35. The lowest BCUT2D eigenvalue weighted by molar-refractivity contribution is -0.148. The number of benzene rings is 1. The van der Waals surface area contributed by atoms with Gasteiger partial charge < -0.3 is 4.74 Å². The second kappa shape index (κ2) is 10.5.